The van der Waals surface area contributed by atoms with E-state index in [2.05, 4.69) is 10.3 Å². The fourth-order valence-electron chi connectivity index (χ4n) is 2.36. The number of hydrogen-bond acceptors (Lipinski definition) is 5. The molecule has 0 aliphatic carbocycles. The van der Waals surface area contributed by atoms with Gasteiger partial charge in [0.2, 0.25) is 11.8 Å². The van der Waals surface area contributed by atoms with Crippen molar-refractivity contribution < 1.29 is 14.5 Å². The van der Waals surface area contributed by atoms with Crippen LogP contribution in [0.2, 0.25) is 10.0 Å². The molecule has 1 amide bonds. The van der Waals surface area contributed by atoms with Crippen LogP contribution in [0.5, 0.6) is 11.6 Å². The number of anilines is 1. The number of aromatic nitrogens is 1. The average molecular weight is 418 g/mol. The van der Waals surface area contributed by atoms with Crippen LogP contribution in [0.15, 0.2) is 60.8 Å². The van der Waals surface area contributed by atoms with Crippen molar-refractivity contribution in [3.05, 3.63) is 86.5 Å². The number of non-ortho nitro benzene ring substituents is 1. The molecule has 28 heavy (non-hydrogen) atoms. The second-order valence-electron chi connectivity index (χ2n) is 5.69. The maximum Gasteiger partial charge on any atom is 0.269 e. The molecule has 1 N–H and O–H groups in total. The maximum atomic E-state index is 12.4. The predicted molar refractivity (Wildman–Crippen MR) is 106 cm³/mol. The van der Waals surface area contributed by atoms with E-state index in [1.165, 1.54) is 36.5 Å². The van der Waals surface area contributed by atoms with E-state index < -0.39 is 4.92 Å². The zero-order chi connectivity index (χ0) is 20.1. The van der Waals surface area contributed by atoms with Gasteiger partial charge in [0.1, 0.15) is 5.02 Å². The smallest absolute Gasteiger partial charge is 0.269 e. The van der Waals surface area contributed by atoms with E-state index in [1.807, 2.05) is 0 Å². The molecule has 3 rings (SSSR count). The lowest BCUT2D eigenvalue weighted by Gasteiger charge is -2.12. The molecule has 1 aromatic heterocycles. The Kier molecular flexibility index (Phi) is 6.08. The summed E-state index contributed by atoms with van der Waals surface area (Å²) in [6.07, 6.45) is 1.45. The number of nitrogens with one attached hydrogen (secondary N) is 1. The first-order valence-corrected chi connectivity index (χ1v) is 8.79. The SMILES string of the molecule is O=C(Cc1ccc([N+](=O)[O-])cc1)Nc1ccccc1Oc1ncc(Cl)cc1Cl. The first kappa shape index (κ1) is 19.6. The van der Waals surface area contributed by atoms with Gasteiger partial charge < -0.3 is 10.1 Å². The third-order valence-electron chi connectivity index (χ3n) is 3.65. The van der Waals surface area contributed by atoms with Crippen molar-refractivity contribution >= 4 is 40.5 Å². The number of carbonyl (C=O) groups is 1. The Balaban J connectivity index is 1.72. The van der Waals surface area contributed by atoms with E-state index in [0.29, 0.717) is 22.0 Å². The largest absolute Gasteiger partial charge is 0.435 e. The topological polar surface area (TPSA) is 94.4 Å². The van der Waals surface area contributed by atoms with Gasteiger partial charge in [-0.3, -0.25) is 14.9 Å². The highest BCUT2D eigenvalue weighted by Crippen LogP contribution is 2.33. The Hall–Kier alpha value is -3.16. The molecule has 0 aliphatic heterocycles. The van der Waals surface area contributed by atoms with Crippen molar-refractivity contribution in [2.75, 3.05) is 5.32 Å². The standard InChI is InChI=1S/C19H13Cl2N3O4/c20-13-10-15(21)19(22-11-13)28-17-4-2-1-3-16(17)23-18(25)9-12-5-7-14(8-6-12)24(26)27/h1-8,10-11H,9H2,(H,23,25). The molecule has 0 radical (unpaired) electrons. The Morgan fingerprint density at radius 3 is 2.54 bits per heavy atom. The zero-order valence-corrected chi connectivity index (χ0v) is 15.8. The highest BCUT2D eigenvalue weighted by atomic mass is 35.5. The summed E-state index contributed by atoms with van der Waals surface area (Å²) in [5, 5.41) is 14.1. The Bertz CT molecular complexity index is 1030. The molecule has 2 aromatic carbocycles. The molecule has 0 aliphatic rings. The summed E-state index contributed by atoms with van der Waals surface area (Å²) in [4.78, 5) is 26.6. The summed E-state index contributed by atoms with van der Waals surface area (Å²) in [5.74, 6) is 0.208. The number of nitrogens with zero attached hydrogens (tertiary/aromatic N) is 2. The average Bonchev–Trinajstić information content (AvgIpc) is 2.66. The second-order valence-corrected chi connectivity index (χ2v) is 6.53. The van der Waals surface area contributed by atoms with Crippen LogP contribution >= 0.6 is 23.2 Å². The van der Waals surface area contributed by atoms with Gasteiger partial charge in [-0.2, -0.15) is 0 Å². The number of benzene rings is 2. The molecule has 142 valence electrons. The summed E-state index contributed by atoms with van der Waals surface area (Å²) in [7, 11) is 0. The lowest BCUT2D eigenvalue weighted by molar-refractivity contribution is -0.384. The number of amides is 1. The fraction of sp³-hybridized carbons (Fsp3) is 0.0526. The molecule has 0 fully saturated rings. The van der Waals surface area contributed by atoms with Gasteiger partial charge in [-0.15, -0.1) is 0 Å². The van der Waals surface area contributed by atoms with Crippen LogP contribution < -0.4 is 10.1 Å². The predicted octanol–water partition coefficient (Wildman–Crippen LogP) is 5.27. The molecule has 0 spiro atoms. The van der Waals surface area contributed by atoms with E-state index in [0.717, 1.165) is 0 Å². The van der Waals surface area contributed by atoms with Crippen LogP contribution in [-0.2, 0) is 11.2 Å². The molecule has 0 saturated heterocycles. The van der Waals surface area contributed by atoms with Crippen LogP contribution in [0.1, 0.15) is 5.56 Å². The maximum absolute atomic E-state index is 12.4. The van der Waals surface area contributed by atoms with E-state index in [9.17, 15) is 14.9 Å². The number of nitro groups is 1. The van der Waals surface area contributed by atoms with E-state index >= 15 is 0 Å². The summed E-state index contributed by atoms with van der Waals surface area (Å²) in [6.45, 7) is 0. The molecule has 0 unspecified atom stereocenters. The number of hydrogen-bond donors (Lipinski definition) is 1. The number of pyridine rings is 1. The Labute approximate surface area is 170 Å². The Morgan fingerprint density at radius 2 is 1.86 bits per heavy atom. The minimum absolute atomic E-state index is 0.0322. The third kappa shape index (κ3) is 4.97. The summed E-state index contributed by atoms with van der Waals surface area (Å²) >= 11 is 11.9. The second kappa shape index (κ2) is 8.69. The molecule has 3 aromatic rings. The van der Waals surface area contributed by atoms with Gasteiger partial charge in [0, 0.05) is 18.3 Å². The van der Waals surface area contributed by atoms with Crippen LogP contribution in [0.4, 0.5) is 11.4 Å². The first-order chi connectivity index (χ1) is 13.4. The van der Waals surface area contributed by atoms with Gasteiger partial charge in [0.05, 0.1) is 22.1 Å². The van der Waals surface area contributed by atoms with Gasteiger partial charge in [0.15, 0.2) is 5.75 Å². The highest BCUT2D eigenvalue weighted by Gasteiger charge is 2.13. The molecular formula is C19H13Cl2N3O4. The Morgan fingerprint density at radius 1 is 1.14 bits per heavy atom. The molecule has 0 bridgehead atoms. The highest BCUT2D eigenvalue weighted by molar-refractivity contribution is 6.35. The lowest BCUT2D eigenvalue weighted by Crippen LogP contribution is -2.15. The molecular weight excluding hydrogens is 405 g/mol. The van der Waals surface area contributed by atoms with Gasteiger partial charge in [0.25, 0.3) is 5.69 Å². The van der Waals surface area contributed by atoms with Crippen LogP contribution in [0.3, 0.4) is 0 Å². The minimum Gasteiger partial charge on any atom is -0.435 e. The van der Waals surface area contributed by atoms with Gasteiger partial charge in [-0.1, -0.05) is 47.5 Å². The van der Waals surface area contributed by atoms with Crippen molar-refractivity contribution in [3.8, 4) is 11.6 Å². The number of para-hydroxylation sites is 2. The lowest BCUT2D eigenvalue weighted by atomic mass is 10.1. The van der Waals surface area contributed by atoms with Gasteiger partial charge in [-0.25, -0.2) is 4.98 Å². The molecule has 1 heterocycles. The number of carbonyl (C=O) groups excluding carboxylic acids is 1. The van der Waals surface area contributed by atoms with E-state index in [1.54, 1.807) is 24.3 Å². The number of halogens is 2. The zero-order valence-electron chi connectivity index (χ0n) is 14.3. The first-order valence-electron chi connectivity index (χ1n) is 8.03. The monoisotopic (exact) mass is 417 g/mol. The van der Waals surface area contributed by atoms with Crippen LogP contribution in [-0.4, -0.2) is 15.8 Å². The van der Waals surface area contributed by atoms with Gasteiger partial charge in [-0.05, 0) is 23.8 Å². The molecule has 7 nitrogen and oxygen atoms in total. The number of rotatable bonds is 6. The van der Waals surface area contributed by atoms with Crippen LogP contribution in [0, 0.1) is 10.1 Å². The normalized spacial score (nSPS) is 10.4. The van der Waals surface area contributed by atoms with Crippen LogP contribution in [0.25, 0.3) is 0 Å². The quantitative estimate of drug-likeness (QED) is 0.435. The number of nitro benzene ring substituents is 1. The third-order valence-corrected chi connectivity index (χ3v) is 4.13. The van der Waals surface area contributed by atoms with Crippen molar-refractivity contribution in [1.82, 2.24) is 4.98 Å². The van der Waals surface area contributed by atoms with Crippen molar-refractivity contribution in [1.29, 1.82) is 0 Å². The van der Waals surface area contributed by atoms with Crippen molar-refractivity contribution in [3.63, 3.8) is 0 Å². The van der Waals surface area contributed by atoms with Gasteiger partial charge >= 0.3 is 0 Å². The molecule has 0 saturated carbocycles. The minimum atomic E-state index is -0.493. The molecule has 0 atom stereocenters. The summed E-state index contributed by atoms with van der Waals surface area (Å²) in [5.41, 5.74) is 1.04. The summed E-state index contributed by atoms with van der Waals surface area (Å²) < 4.78 is 5.70. The fourth-order valence-corrected chi connectivity index (χ4v) is 2.77. The van der Waals surface area contributed by atoms with Crippen molar-refractivity contribution in [2.45, 2.75) is 6.42 Å². The number of ether oxygens (including phenoxy) is 1. The van der Waals surface area contributed by atoms with E-state index in [-0.39, 0.29) is 28.9 Å². The molecule has 9 heteroatoms. The van der Waals surface area contributed by atoms with E-state index in [4.69, 9.17) is 27.9 Å². The van der Waals surface area contributed by atoms with Crippen molar-refractivity contribution in [2.24, 2.45) is 0 Å². The summed E-state index contributed by atoms with van der Waals surface area (Å²) in [6, 6.07) is 14.1.